The minimum Gasteiger partial charge on any atom is -0.378 e. The predicted octanol–water partition coefficient (Wildman–Crippen LogP) is 4.32. The molecule has 0 amide bonds. The molecule has 21 heavy (non-hydrogen) atoms. The normalized spacial score (nSPS) is 10.9. The van der Waals surface area contributed by atoms with Crippen LogP contribution in [-0.4, -0.2) is 24.1 Å². The number of anilines is 1. The van der Waals surface area contributed by atoms with E-state index in [2.05, 4.69) is 14.9 Å². The molecule has 0 atom stereocenters. The molecule has 0 bridgehead atoms. The second-order valence-corrected chi connectivity index (χ2v) is 5.66. The van der Waals surface area contributed by atoms with Gasteiger partial charge in [-0.1, -0.05) is 23.2 Å². The Bertz CT molecular complexity index is 795. The summed E-state index contributed by atoms with van der Waals surface area (Å²) in [5.74, 6) is 0.654. The number of aryl methyl sites for hydroxylation is 1. The van der Waals surface area contributed by atoms with Gasteiger partial charge in [-0.2, -0.15) is 0 Å². The maximum absolute atomic E-state index is 6.31. The van der Waals surface area contributed by atoms with E-state index in [-0.39, 0.29) is 0 Å². The van der Waals surface area contributed by atoms with Crippen LogP contribution in [0.5, 0.6) is 0 Å². The van der Waals surface area contributed by atoms with E-state index in [0.717, 1.165) is 27.7 Å². The van der Waals surface area contributed by atoms with Crippen molar-refractivity contribution < 1.29 is 0 Å². The summed E-state index contributed by atoms with van der Waals surface area (Å²) >= 11 is 6.31. The molecule has 0 spiro atoms. The van der Waals surface area contributed by atoms with Gasteiger partial charge in [0.05, 0.1) is 5.52 Å². The highest BCUT2D eigenvalue weighted by Crippen LogP contribution is 2.26. The van der Waals surface area contributed by atoms with Gasteiger partial charge in [-0.15, -0.1) is 0 Å². The van der Waals surface area contributed by atoms with Gasteiger partial charge in [0.1, 0.15) is 5.15 Å². The molecule has 3 aromatic rings. The molecule has 0 aliphatic heterocycles. The minimum absolute atomic E-state index is 0.496. The fraction of sp³-hybridized carbons (Fsp3) is 0.176. The van der Waals surface area contributed by atoms with E-state index >= 15 is 0 Å². The van der Waals surface area contributed by atoms with Crippen LogP contribution in [-0.2, 0) is 0 Å². The van der Waals surface area contributed by atoms with Crippen molar-refractivity contribution >= 4 is 28.2 Å². The Hall–Kier alpha value is -2.13. The van der Waals surface area contributed by atoms with E-state index in [1.807, 2.05) is 63.5 Å². The van der Waals surface area contributed by atoms with Crippen molar-refractivity contribution in [2.24, 2.45) is 0 Å². The van der Waals surface area contributed by atoms with Crippen molar-refractivity contribution in [3.8, 4) is 11.4 Å². The average Bonchev–Trinajstić information content (AvgIpc) is 2.48. The zero-order valence-corrected chi connectivity index (χ0v) is 13.0. The van der Waals surface area contributed by atoms with Gasteiger partial charge in [-0.05, 0) is 43.3 Å². The molecule has 3 nitrogen and oxygen atoms in total. The van der Waals surface area contributed by atoms with Crippen LogP contribution in [0.15, 0.2) is 42.5 Å². The number of fused-ring (bicyclic) bond motifs is 1. The molecule has 0 radical (unpaired) electrons. The number of benzene rings is 2. The Morgan fingerprint density at radius 2 is 1.67 bits per heavy atom. The third kappa shape index (κ3) is 2.69. The number of hydrogen-bond acceptors (Lipinski definition) is 3. The summed E-state index contributed by atoms with van der Waals surface area (Å²) in [6.07, 6.45) is 0. The van der Waals surface area contributed by atoms with Crippen molar-refractivity contribution in [2.75, 3.05) is 19.0 Å². The first-order valence-corrected chi connectivity index (χ1v) is 7.14. The monoisotopic (exact) mass is 297 g/mol. The SMILES string of the molecule is Cc1ccc2nc(-c3ccc(N(C)C)cc3)nc(Cl)c2c1. The van der Waals surface area contributed by atoms with Crippen LogP contribution in [0, 0.1) is 6.92 Å². The van der Waals surface area contributed by atoms with Crippen LogP contribution < -0.4 is 4.90 Å². The zero-order valence-electron chi connectivity index (χ0n) is 12.3. The molecular formula is C17H16ClN3. The first kappa shape index (κ1) is 13.8. The number of halogens is 1. The van der Waals surface area contributed by atoms with Gasteiger partial charge in [0, 0.05) is 30.7 Å². The second kappa shape index (κ2) is 5.34. The maximum atomic E-state index is 6.31. The summed E-state index contributed by atoms with van der Waals surface area (Å²) < 4.78 is 0. The number of hydrogen-bond donors (Lipinski definition) is 0. The Kier molecular flexibility index (Phi) is 3.52. The number of rotatable bonds is 2. The molecule has 3 rings (SSSR count). The van der Waals surface area contributed by atoms with Gasteiger partial charge in [0.15, 0.2) is 5.82 Å². The van der Waals surface area contributed by atoms with E-state index in [9.17, 15) is 0 Å². The van der Waals surface area contributed by atoms with Crippen molar-refractivity contribution in [3.63, 3.8) is 0 Å². The summed E-state index contributed by atoms with van der Waals surface area (Å²) in [5.41, 5.74) is 4.12. The minimum atomic E-state index is 0.496. The van der Waals surface area contributed by atoms with Crippen molar-refractivity contribution in [1.29, 1.82) is 0 Å². The van der Waals surface area contributed by atoms with Gasteiger partial charge < -0.3 is 4.90 Å². The van der Waals surface area contributed by atoms with Crippen molar-refractivity contribution in [3.05, 3.63) is 53.2 Å². The molecule has 106 valence electrons. The van der Waals surface area contributed by atoms with Crippen LogP contribution in [0.3, 0.4) is 0 Å². The summed E-state index contributed by atoms with van der Waals surface area (Å²) in [5, 5.41) is 1.39. The summed E-state index contributed by atoms with van der Waals surface area (Å²) in [7, 11) is 4.03. The average molecular weight is 298 g/mol. The Morgan fingerprint density at radius 1 is 0.952 bits per heavy atom. The molecule has 0 unspecified atom stereocenters. The first-order chi connectivity index (χ1) is 10.0. The lowest BCUT2D eigenvalue weighted by molar-refractivity contribution is 1.13. The lowest BCUT2D eigenvalue weighted by atomic mass is 10.1. The molecule has 0 saturated carbocycles. The lowest BCUT2D eigenvalue weighted by Gasteiger charge is -2.12. The van der Waals surface area contributed by atoms with E-state index < -0.39 is 0 Å². The molecule has 2 aromatic carbocycles. The van der Waals surface area contributed by atoms with Crippen molar-refractivity contribution in [2.45, 2.75) is 6.92 Å². The van der Waals surface area contributed by atoms with Gasteiger partial charge in [-0.3, -0.25) is 0 Å². The van der Waals surface area contributed by atoms with E-state index in [4.69, 9.17) is 11.6 Å². The van der Waals surface area contributed by atoms with Crippen LogP contribution >= 0.6 is 11.6 Å². The van der Waals surface area contributed by atoms with E-state index in [1.165, 1.54) is 0 Å². The molecule has 1 heterocycles. The molecule has 0 fully saturated rings. The topological polar surface area (TPSA) is 29.0 Å². The second-order valence-electron chi connectivity index (χ2n) is 5.30. The van der Waals surface area contributed by atoms with Gasteiger partial charge in [0.25, 0.3) is 0 Å². The first-order valence-electron chi connectivity index (χ1n) is 6.76. The van der Waals surface area contributed by atoms with E-state index in [1.54, 1.807) is 0 Å². The van der Waals surface area contributed by atoms with E-state index in [0.29, 0.717) is 11.0 Å². The molecule has 0 aliphatic carbocycles. The molecule has 0 N–H and O–H groups in total. The molecule has 0 aliphatic rings. The van der Waals surface area contributed by atoms with Crippen LogP contribution in [0.1, 0.15) is 5.56 Å². The maximum Gasteiger partial charge on any atom is 0.161 e. The van der Waals surface area contributed by atoms with Gasteiger partial charge >= 0.3 is 0 Å². The Morgan fingerprint density at radius 3 is 2.33 bits per heavy atom. The standard InChI is InChI=1S/C17H16ClN3/c1-11-4-9-15-14(10-11)16(18)20-17(19-15)12-5-7-13(8-6-12)21(2)3/h4-10H,1-3H3. The zero-order chi connectivity index (χ0) is 15.0. The molecular weight excluding hydrogens is 282 g/mol. The van der Waals surface area contributed by atoms with Crippen molar-refractivity contribution in [1.82, 2.24) is 9.97 Å². The fourth-order valence-electron chi connectivity index (χ4n) is 2.24. The highest BCUT2D eigenvalue weighted by Gasteiger charge is 2.08. The Balaban J connectivity index is 2.10. The third-order valence-electron chi connectivity index (χ3n) is 3.45. The molecule has 4 heteroatoms. The third-order valence-corrected chi connectivity index (χ3v) is 3.73. The summed E-state index contributed by atoms with van der Waals surface area (Å²) in [4.78, 5) is 11.1. The van der Waals surface area contributed by atoms with Crippen LogP contribution in [0.2, 0.25) is 5.15 Å². The van der Waals surface area contributed by atoms with Crippen LogP contribution in [0.25, 0.3) is 22.3 Å². The largest absolute Gasteiger partial charge is 0.378 e. The van der Waals surface area contributed by atoms with Crippen LogP contribution in [0.4, 0.5) is 5.69 Å². The smallest absolute Gasteiger partial charge is 0.161 e. The fourth-order valence-corrected chi connectivity index (χ4v) is 2.47. The highest BCUT2D eigenvalue weighted by atomic mass is 35.5. The molecule has 1 aromatic heterocycles. The number of aromatic nitrogens is 2. The Labute approximate surface area is 129 Å². The lowest BCUT2D eigenvalue weighted by Crippen LogP contribution is -2.08. The quantitative estimate of drug-likeness (QED) is 0.659. The summed E-state index contributed by atoms with van der Waals surface area (Å²) in [6.45, 7) is 2.03. The predicted molar refractivity (Wildman–Crippen MR) is 89.0 cm³/mol. The van der Waals surface area contributed by atoms with Gasteiger partial charge in [0.2, 0.25) is 0 Å². The number of nitrogens with zero attached hydrogens (tertiary/aromatic N) is 3. The highest BCUT2D eigenvalue weighted by molar-refractivity contribution is 6.34. The molecule has 0 saturated heterocycles. The van der Waals surface area contributed by atoms with Gasteiger partial charge in [-0.25, -0.2) is 9.97 Å². The summed E-state index contributed by atoms with van der Waals surface area (Å²) in [6, 6.07) is 14.1.